The Hall–Kier alpha value is 0.441. The first-order valence-corrected chi connectivity index (χ1v) is 6.13. The maximum Gasteiger partial charge on any atom is 1.00 e. The average molecular weight is 300 g/mol. The number of ether oxygens (including phenoxy) is 1. The molecule has 0 bridgehead atoms. The van der Waals surface area contributed by atoms with Gasteiger partial charge in [0.1, 0.15) is 5.75 Å². The molecule has 0 N–H and O–H groups in total. The fraction of sp³-hybridized carbons (Fsp3) is 0.500. The summed E-state index contributed by atoms with van der Waals surface area (Å²) in [5.41, 5.74) is -1.19. The Labute approximate surface area is 152 Å². The second-order valence-electron chi connectivity index (χ2n) is 4.64. The Morgan fingerprint density at radius 1 is 1.05 bits per heavy atom. The molecule has 100 valence electrons. The molecule has 1 nitrogen and oxygen atoms in total. The van der Waals surface area contributed by atoms with Gasteiger partial charge in [-0.1, -0.05) is 17.9 Å². The van der Waals surface area contributed by atoms with Crippen molar-refractivity contribution in [3.63, 3.8) is 0 Å². The molecule has 0 atom stereocenters. The molecule has 1 aliphatic rings. The molecule has 1 aromatic carbocycles. The quantitative estimate of drug-likeness (QED) is 0.587. The van der Waals surface area contributed by atoms with Crippen LogP contribution in [0.25, 0.3) is 0 Å². The van der Waals surface area contributed by atoms with Crippen LogP contribution in [0, 0.1) is 5.82 Å². The van der Waals surface area contributed by atoms with Crippen LogP contribution in [0.5, 0.6) is 5.75 Å². The zero-order chi connectivity index (χ0) is 13.2. The molecule has 0 heterocycles. The molecular formula is C12H14BF4KO. The summed E-state index contributed by atoms with van der Waals surface area (Å²) in [4.78, 5) is 0. The van der Waals surface area contributed by atoms with Crippen LogP contribution in [0.4, 0.5) is 17.3 Å². The second kappa shape index (κ2) is 7.45. The minimum atomic E-state index is -5.30. The van der Waals surface area contributed by atoms with Gasteiger partial charge in [0.2, 0.25) is 0 Å². The Kier molecular flexibility index (Phi) is 6.86. The van der Waals surface area contributed by atoms with E-state index in [4.69, 9.17) is 4.74 Å². The standard InChI is InChI=1S/C12H14BF4O.K/c14-12-8-10(6-7-11(12)13(15,16)17)18-9-4-2-1-3-5-9;/h6-9H,1-5H2;/q-1;+1. The van der Waals surface area contributed by atoms with Crippen molar-refractivity contribution >= 4 is 12.4 Å². The van der Waals surface area contributed by atoms with Crippen LogP contribution in [0.3, 0.4) is 0 Å². The van der Waals surface area contributed by atoms with Gasteiger partial charge in [0.25, 0.3) is 0 Å². The van der Waals surface area contributed by atoms with Crippen molar-refractivity contribution in [3.8, 4) is 5.75 Å². The fourth-order valence-corrected chi connectivity index (χ4v) is 2.22. The van der Waals surface area contributed by atoms with Crippen LogP contribution >= 0.6 is 0 Å². The van der Waals surface area contributed by atoms with Gasteiger partial charge in [-0.2, -0.15) is 0 Å². The van der Waals surface area contributed by atoms with Crippen molar-refractivity contribution < 1.29 is 73.5 Å². The van der Waals surface area contributed by atoms with E-state index >= 15 is 0 Å². The second-order valence-corrected chi connectivity index (χ2v) is 4.64. The third-order valence-electron chi connectivity index (χ3n) is 3.18. The molecule has 0 radical (unpaired) electrons. The largest absolute Gasteiger partial charge is 1.00 e. The summed E-state index contributed by atoms with van der Waals surface area (Å²) in [6.45, 7) is -5.30. The Balaban J connectivity index is 0.00000180. The molecule has 1 aliphatic carbocycles. The first-order valence-electron chi connectivity index (χ1n) is 6.13. The van der Waals surface area contributed by atoms with Gasteiger partial charge >= 0.3 is 58.4 Å². The Morgan fingerprint density at radius 3 is 2.21 bits per heavy atom. The van der Waals surface area contributed by atoms with E-state index in [-0.39, 0.29) is 63.2 Å². The summed E-state index contributed by atoms with van der Waals surface area (Å²) in [5.74, 6) is -1.07. The van der Waals surface area contributed by atoms with Crippen LogP contribution < -0.4 is 61.6 Å². The van der Waals surface area contributed by atoms with Crippen molar-refractivity contribution in [2.45, 2.75) is 38.2 Å². The number of hydrogen-bond donors (Lipinski definition) is 0. The SMILES string of the molecule is Fc1cc(OC2CCCCC2)ccc1[B-](F)(F)F.[K+]. The molecule has 1 fully saturated rings. The zero-order valence-corrected chi connectivity index (χ0v) is 14.0. The number of benzene rings is 1. The van der Waals surface area contributed by atoms with E-state index in [2.05, 4.69) is 0 Å². The van der Waals surface area contributed by atoms with E-state index in [0.717, 1.165) is 44.2 Å². The van der Waals surface area contributed by atoms with Crippen molar-refractivity contribution in [2.24, 2.45) is 0 Å². The molecule has 0 saturated heterocycles. The molecule has 19 heavy (non-hydrogen) atoms. The van der Waals surface area contributed by atoms with Crippen molar-refractivity contribution in [1.82, 2.24) is 0 Å². The monoisotopic (exact) mass is 300 g/mol. The predicted molar refractivity (Wildman–Crippen MR) is 62.6 cm³/mol. The Morgan fingerprint density at radius 2 is 1.68 bits per heavy atom. The summed E-state index contributed by atoms with van der Waals surface area (Å²) >= 11 is 0. The first-order chi connectivity index (χ1) is 8.47. The van der Waals surface area contributed by atoms with Gasteiger partial charge in [-0.3, -0.25) is 0 Å². The minimum absolute atomic E-state index is 0. The van der Waals surface area contributed by atoms with E-state index in [9.17, 15) is 17.3 Å². The van der Waals surface area contributed by atoms with Crippen molar-refractivity contribution in [2.75, 3.05) is 0 Å². The van der Waals surface area contributed by atoms with Gasteiger partial charge in [-0.15, -0.1) is 0 Å². The molecule has 1 aromatic rings. The Bertz CT molecular complexity index is 419. The van der Waals surface area contributed by atoms with Crippen LogP contribution in [-0.2, 0) is 0 Å². The molecular weight excluding hydrogens is 286 g/mol. The molecule has 0 aliphatic heterocycles. The molecule has 0 aromatic heterocycles. The normalized spacial score (nSPS) is 16.8. The third kappa shape index (κ3) is 5.04. The summed E-state index contributed by atoms with van der Waals surface area (Å²) in [7, 11) is 0. The van der Waals surface area contributed by atoms with Crippen LogP contribution in [0.15, 0.2) is 18.2 Å². The topological polar surface area (TPSA) is 9.23 Å². The van der Waals surface area contributed by atoms with Crippen molar-refractivity contribution in [3.05, 3.63) is 24.0 Å². The smallest absolute Gasteiger partial charge is 0.490 e. The summed E-state index contributed by atoms with van der Waals surface area (Å²) in [6, 6.07) is 2.79. The maximum atomic E-state index is 13.3. The zero-order valence-electron chi connectivity index (χ0n) is 10.8. The molecule has 2 rings (SSSR count). The average Bonchev–Trinajstić information content (AvgIpc) is 2.28. The van der Waals surface area contributed by atoms with Gasteiger partial charge in [-0.25, -0.2) is 4.39 Å². The van der Waals surface area contributed by atoms with E-state index in [1.165, 1.54) is 6.07 Å². The van der Waals surface area contributed by atoms with E-state index in [0.29, 0.717) is 0 Å². The van der Waals surface area contributed by atoms with Gasteiger partial charge < -0.3 is 17.7 Å². The van der Waals surface area contributed by atoms with Gasteiger partial charge in [0.05, 0.1) is 11.9 Å². The van der Waals surface area contributed by atoms with Gasteiger partial charge in [0, 0.05) is 6.07 Å². The molecule has 0 unspecified atom stereocenters. The molecule has 7 heteroatoms. The van der Waals surface area contributed by atoms with Gasteiger partial charge in [-0.05, 0) is 31.7 Å². The molecule has 0 spiro atoms. The fourth-order valence-electron chi connectivity index (χ4n) is 2.22. The minimum Gasteiger partial charge on any atom is -0.490 e. The predicted octanol–water partition coefficient (Wildman–Crippen LogP) is 0.596. The van der Waals surface area contributed by atoms with Crippen LogP contribution in [0.2, 0.25) is 0 Å². The maximum absolute atomic E-state index is 13.3. The third-order valence-corrected chi connectivity index (χ3v) is 3.18. The van der Waals surface area contributed by atoms with Crippen molar-refractivity contribution in [1.29, 1.82) is 0 Å². The number of halogens is 4. The van der Waals surface area contributed by atoms with E-state index in [1.54, 1.807) is 0 Å². The van der Waals surface area contributed by atoms with E-state index < -0.39 is 18.3 Å². The number of hydrogen-bond acceptors (Lipinski definition) is 1. The van der Waals surface area contributed by atoms with Crippen LogP contribution in [0.1, 0.15) is 32.1 Å². The summed E-state index contributed by atoms with van der Waals surface area (Å²) in [6.07, 6.45) is 5.02. The number of rotatable bonds is 3. The van der Waals surface area contributed by atoms with E-state index in [1.807, 2.05) is 0 Å². The summed E-state index contributed by atoms with van der Waals surface area (Å²) < 4.78 is 56.1. The molecule has 1 saturated carbocycles. The van der Waals surface area contributed by atoms with Gasteiger partial charge in [0.15, 0.2) is 0 Å². The summed E-state index contributed by atoms with van der Waals surface area (Å²) in [5, 5.41) is 0. The molecule has 0 amide bonds. The van der Waals surface area contributed by atoms with Crippen LogP contribution in [-0.4, -0.2) is 13.1 Å². The first kappa shape index (κ1) is 17.5.